The predicted molar refractivity (Wildman–Crippen MR) is 42.0 cm³/mol. The van der Waals surface area contributed by atoms with Gasteiger partial charge in [-0.2, -0.15) is 4.31 Å². The third-order valence-electron chi connectivity index (χ3n) is 1.68. The van der Waals surface area contributed by atoms with Gasteiger partial charge in [-0.15, -0.1) is 11.6 Å². The first-order chi connectivity index (χ1) is 5.10. The Morgan fingerprint density at radius 1 is 1.64 bits per heavy atom. The van der Waals surface area contributed by atoms with Crippen LogP contribution in [0.5, 0.6) is 0 Å². The van der Waals surface area contributed by atoms with Crippen LogP contribution in [0.4, 0.5) is 0 Å². The minimum atomic E-state index is -3.19. The van der Waals surface area contributed by atoms with Gasteiger partial charge in [0.2, 0.25) is 10.0 Å². The second-order valence-electron chi connectivity index (χ2n) is 2.40. The van der Waals surface area contributed by atoms with Crippen molar-refractivity contribution < 1.29 is 13.2 Å². The van der Waals surface area contributed by atoms with Crippen LogP contribution in [0.25, 0.3) is 0 Å². The number of alkyl halides is 1. The van der Waals surface area contributed by atoms with Crippen molar-refractivity contribution in [3.8, 4) is 0 Å². The standard InChI is InChI=1S/C5H10ClNO3S/c1-10-5-2-7(3-5)11(8,9)4-6/h5H,2-4H2,1H3. The minimum absolute atomic E-state index is 0.0491. The number of halogens is 1. The van der Waals surface area contributed by atoms with E-state index in [-0.39, 0.29) is 11.3 Å². The van der Waals surface area contributed by atoms with Gasteiger partial charge in [-0.05, 0) is 0 Å². The van der Waals surface area contributed by atoms with Crippen molar-refractivity contribution in [3.05, 3.63) is 0 Å². The van der Waals surface area contributed by atoms with Gasteiger partial charge in [-0.3, -0.25) is 0 Å². The topological polar surface area (TPSA) is 46.6 Å². The van der Waals surface area contributed by atoms with Crippen molar-refractivity contribution in [3.63, 3.8) is 0 Å². The molecule has 1 fully saturated rings. The molecule has 1 heterocycles. The molecule has 66 valence electrons. The minimum Gasteiger partial charge on any atom is -0.379 e. The summed E-state index contributed by atoms with van der Waals surface area (Å²) in [6.45, 7) is 0.872. The molecule has 0 atom stereocenters. The maximum absolute atomic E-state index is 11.0. The Morgan fingerprint density at radius 2 is 2.18 bits per heavy atom. The van der Waals surface area contributed by atoms with E-state index in [1.54, 1.807) is 7.11 Å². The van der Waals surface area contributed by atoms with E-state index < -0.39 is 10.0 Å². The lowest BCUT2D eigenvalue weighted by molar-refractivity contribution is 0.0127. The molecule has 6 heteroatoms. The molecule has 0 N–H and O–H groups in total. The van der Waals surface area contributed by atoms with Crippen LogP contribution in [0.3, 0.4) is 0 Å². The van der Waals surface area contributed by atoms with Gasteiger partial charge in [-0.1, -0.05) is 0 Å². The smallest absolute Gasteiger partial charge is 0.228 e. The lowest BCUT2D eigenvalue weighted by Crippen LogP contribution is -2.54. The van der Waals surface area contributed by atoms with Gasteiger partial charge in [-0.25, -0.2) is 8.42 Å². The normalized spacial score (nSPS) is 21.6. The monoisotopic (exact) mass is 199 g/mol. The van der Waals surface area contributed by atoms with Crippen molar-refractivity contribution in [1.82, 2.24) is 4.31 Å². The van der Waals surface area contributed by atoms with Gasteiger partial charge >= 0.3 is 0 Å². The van der Waals surface area contributed by atoms with Crippen LogP contribution in [0.15, 0.2) is 0 Å². The summed E-state index contributed by atoms with van der Waals surface area (Å²) in [5.41, 5.74) is 0. The van der Waals surface area contributed by atoms with E-state index in [1.807, 2.05) is 0 Å². The van der Waals surface area contributed by atoms with E-state index in [1.165, 1.54) is 4.31 Å². The zero-order chi connectivity index (χ0) is 8.48. The Labute approximate surface area is 71.1 Å². The highest BCUT2D eigenvalue weighted by Crippen LogP contribution is 2.16. The summed E-state index contributed by atoms with van der Waals surface area (Å²) in [6, 6.07) is 0. The molecule has 0 bridgehead atoms. The van der Waals surface area contributed by atoms with Crippen LogP contribution in [0.2, 0.25) is 0 Å². The van der Waals surface area contributed by atoms with E-state index in [0.717, 1.165) is 0 Å². The van der Waals surface area contributed by atoms with Crippen LogP contribution < -0.4 is 0 Å². The number of hydrogen-bond donors (Lipinski definition) is 0. The number of nitrogens with zero attached hydrogens (tertiary/aromatic N) is 1. The van der Waals surface area contributed by atoms with Crippen LogP contribution >= 0.6 is 11.6 Å². The van der Waals surface area contributed by atoms with Crippen LogP contribution in [-0.4, -0.2) is 44.2 Å². The first-order valence-electron chi connectivity index (χ1n) is 3.16. The molecule has 1 saturated heterocycles. The van der Waals surface area contributed by atoms with Gasteiger partial charge in [0.05, 0.1) is 6.10 Å². The average molecular weight is 200 g/mol. The van der Waals surface area contributed by atoms with Crippen molar-refractivity contribution in [2.75, 3.05) is 25.4 Å². The molecule has 0 saturated carbocycles. The van der Waals surface area contributed by atoms with Gasteiger partial charge in [0, 0.05) is 20.2 Å². The first-order valence-corrected chi connectivity index (χ1v) is 5.31. The number of hydrogen-bond acceptors (Lipinski definition) is 3. The van der Waals surface area contributed by atoms with Crippen LogP contribution in [0, 0.1) is 0 Å². The van der Waals surface area contributed by atoms with Crippen LogP contribution in [0.1, 0.15) is 0 Å². The third-order valence-corrected chi connectivity index (χ3v) is 3.87. The fourth-order valence-electron chi connectivity index (χ4n) is 0.846. The summed E-state index contributed by atoms with van der Waals surface area (Å²) in [5, 5.41) is -0.344. The lowest BCUT2D eigenvalue weighted by atomic mass is 10.2. The number of sulfonamides is 1. The zero-order valence-corrected chi connectivity index (χ0v) is 7.73. The largest absolute Gasteiger partial charge is 0.379 e. The van der Waals surface area contributed by atoms with Gasteiger partial charge < -0.3 is 4.74 Å². The fourth-order valence-corrected chi connectivity index (χ4v) is 2.18. The Hall–Kier alpha value is 0.160. The fraction of sp³-hybridized carbons (Fsp3) is 1.00. The Bertz CT molecular complexity index is 222. The quantitative estimate of drug-likeness (QED) is 0.594. The highest BCUT2D eigenvalue weighted by molar-refractivity contribution is 7.90. The summed E-state index contributed by atoms with van der Waals surface area (Å²) in [7, 11) is -1.62. The van der Waals surface area contributed by atoms with Gasteiger partial charge in [0.15, 0.2) is 0 Å². The van der Waals surface area contributed by atoms with E-state index in [0.29, 0.717) is 13.1 Å². The molecule has 0 radical (unpaired) electrons. The SMILES string of the molecule is COC1CN(S(=O)(=O)CCl)C1. The molecular formula is C5H10ClNO3S. The van der Waals surface area contributed by atoms with Gasteiger partial charge in [0.1, 0.15) is 5.21 Å². The van der Waals surface area contributed by atoms with Crippen LogP contribution in [-0.2, 0) is 14.8 Å². The predicted octanol–water partition coefficient (Wildman–Crippen LogP) is -0.157. The molecule has 0 aromatic rings. The Kier molecular flexibility index (Phi) is 2.74. The summed E-state index contributed by atoms with van der Waals surface area (Å²) < 4.78 is 28.2. The maximum Gasteiger partial charge on any atom is 0.228 e. The lowest BCUT2D eigenvalue weighted by Gasteiger charge is -2.36. The summed E-state index contributed by atoms with van der Waals surface area (Å²) in [5.74, 6) is 0. The molecule has 11 heavy (non-hydrogen) atoms. The second-order valence-corrected chi connectivity index (χ2v) is 4.95. The molecular weight excluding hydrogens is 190 g/mol. The molecule has 0 amide bonds. The Balaban J connectivity index is 2.44. The summed E-state index contributed by atoms with van der Waals surface area (Å²) in [4.78, 5) is 0. The number of rotatable bonds is 3. The third kappa shape index (κ3) is 1.84. The zero-order valence-electron chi connectivity index (χ0n) is 6.16. The van der Waals surface area contributed by atoms with Crippen molar-refractivity contribution in [1.29, 1.82) is 0 Å². The number of methoxy groups -OCH3 is 1. The molecule has 1 rings (SSSR count). The van der Waals surface area contributed by atoms with E-state index >= 15 is 0 Å². The molecule has 0 spiro atoms. The maximum atomic E-state index is 11.0. The Morgan fingerprint density at radius 3 is 2.55 bits per heavy atom. The van der Waals surface area contributed by atoms with E-state index in [9.17, 15) is 8.42 Å². The highest BCUT2D eigenvalue weighted by Gasteiger charge is 2.34. The number of ether oxygens (including phenoxy) is 1. The highest BCUT2D eigenvalue weighted by atomic mass is 35.5. The molecule has 0 aliphatic carbocycles. The average Bonchev–Trinajstić information content (AvgIpc) is 1.85. The molecule has 0 aromatic carbocycles. The molecule has 1 aliphatic rings. The van der Waals surface area contributed by atoms with Crippen molar-refractivity contribution in [2.45, 2.75) is 6.10 Å². The first kappa shape index (κ1) is 9.25. The summed E-state index contributed by atoms with van der Waals surface area (Å²) in [6.07, 6.45) is 0.0491. The molecule has 4 nitrogen and oxygen atoms in total. The second kappa shape index (κ2) is 3.26. The van der Waals surface area contributed by atoms with E-state index in [2.05, 4.69) is 0 Å². The molecule has 1 aliphatic heterocycles. The van der Waals surface area contributed by atoms with E-state index in [4.69, 9.17) is 16.3 Å². The van der Waals surface area contributed by atoms with Crippen molar-refractivity contribution >= 4 is 21.6 Å². The molecule has 0 unspecified atom stereocenters. The molecule has 0 aromatic heterocycles. The van der Waals surface area contributed by atoms with Gasteiger partial charge in [0.25, 0.3) is 0 Å². The van der Waals surface area contributed by atoms with Crippen molar-refractivity contribution in [2.24, 2.45) is 0 Å². The summed E-state index contributed by atoms with van der Waals surface area (Å²) >= 11 is 5.22.